The summed E-state index contributed by atoms with van der Waals surface area (Å²) in [6.45, 7) is 9.70. The average molecular weight is 531 g/mol. The van der Waals surface area contributed by atoms with E-state index in [1.54, 1.807) is 26.4 Å². The van der Waals surface area contributed by atoms with Crippen LogP contribution in [-0.4, -0.2) is 46.0 Å². The molecule has 7 heteroatoms. The van der Waals surface area contributed by atoms with Crippen LogP contribution in [0.5, 0.6) is 23.0 Å². The van der Waals surface area contributed by atoms with Crippen LogP contribution in [-0.2, 0) is 17.3 Å². The second-order valence-electron chi connectivity index (χ2n) is 11.6. The van der Waals surface area contributed by atoms with Gasteiger partial charge in [-0.1, -0.05) is 50.5 Å². The maximum Gasteiger partial charge on any atom is 0.193 e. The van der Waals surface area contributed by atoms with Crippen molar-refractivity contribution < 1.29 is 24.1 Å². The highest BCUT2D eigenvalue weighted by Gasteiger charge is 2.48. The monoisotopic (exact) mass is 530 g/mol. The maximum atomic E-state index is 9.89. The van der Waals surface area contributed by atoms with Crippen LogP contribution in [0, 0.1) is 0 Å². The number of aryl methyl sites for hydroxylation is 2. The molecule has 2 N–H and O–H groups in total. The Morgan fingerprint density at radius 2 is 1.33 bits per heavy atom. The van der Waals surface area contributed by atoms with Gasteiger partial charge in [-0.3, -0.25) is 0 Å². The predicted molar refractivity (Wildman–Crippen MR) is 153 cm³/mol. The van der Waals surface area contributed by atoms with Crippen LogP contribution >= 0.6 is 0 Å². The second kappa shape index (κ2) is 12.1. The molecular formula is C29H46O5Si2. The van der Waals surface area contributed by atoms with Crippen molar-refractivity contribution in [2.45, 2.75) is 94.9 Å². The van der Waals surface area contributed by atoms with E-state index in [0.717, 1.165) is 25.7 Å². The molecule has 0 bridgehead atoms. The number of phenolic OH excluding ortho intramolecular Hbond substituents is 2. The number of ether oxygens (including phenoxy) is 2. The Hall–Kier alpha value is -1.97. The molecular weight excluding hydrogens is 484 g/mol. The van der Waals surface area contributed by atoms with Crippen molar-refractivity contribution in [1.82, 2.24) is 0 Å². The third-order valence-corrected chi connectivity index (χ3v) is 18.4. The molecule has 0 aromatic heterocycles. The van der Waals surface area contributed by atoms with Gasteiger partial charge in [-0.25, -0.2) is 0 Å². The lowest BCUT2D eigenvalue weighted by Crippen LogP contribution is -2.57. The Labute approximate surface area is 220 Å². The Bertz CT molecular complexity index is 999. The lowest BCUT2D eigenvalue weighted by molar-refractivity contribution is 0.169. The van der Waals surface area contributed by atoms with Gasteiger partial charge in [-0.2, -0.15) is 0 Å². The summed E-state index contributed by atoms with van der Waals surface area (Å²) in [5.41, 5.74) is 2.42. The number of aromatic hydroxyl groups is 2. The minimum Gasteiger partial charge on any atom is -0.504 e. The molecule has 1 saturated heterocycles. The Morgan fingerprint density at radius 1 is 0.833 bits per heavy atom. The fraction of sp³-hybridized carbons (Fsp3) is 0.586. The van der Waals surface area contributed by atoms with Crippen LogP contribution in [0.1, 0.15) is 50.7 Å². The van der Waals surface area contributed by atoms with E-state index in [2.05, 4.69) is 26.9 Å². The average Bonchev–Trinajstić information content (AvgIpc) is 3.28. The molecule has 36 heavy (non-hydrogen) atoms. The molecule has 0 saturated carbocycles. The van der Waals surface area contributed by atoms with Gasteiger partial charge in [-0.05, 0) is 86.6 Å². The Balaban J connectivity index is 1.58. The number of rotatable bonds is 13. The minimum absolute atomic E-state index is 0.0576. The van der Waals surface area contributed by atoms with Gasteiger partial charge in [0.25, 0.3) is 0 Å². The minimum atomic E-state index is -1.78. The van der Waals surface area contributed by atoms with Crippen molar-refractivity contribution in [2.75, 3.05) is 14.2 Å². The van der Waals surface area contributed by atoms with Crippen molar-refractivity contribution in [3.05, 3.63) is 47.5 Å². The number of benzene rings is 2. The highest BCUT2D eigenvalue weighted by molar-refractivity contribution is 6.82. The van der Waals surface area contributed by atoms with E-state index in [9.17, 15) is 10.2 Å². The molecule has 1 aliphatic heterocycles. The summed E-state index contributed by atoms with van der Waals surface area (Å²) < 4.78 is 17.9. The molecule has 3 rings (SSSR count). The maximum absolute atomic E-state index is 9.89. The standard InChI is InChI=1S/C29H46O5Si2/c1-29(2,35(5,6)17-9-11-23-13-15-25(30)27(21-23)32-3)34-36(18-7-8-19-36)20-10-12-24-14-16-26(31)28(22-24)33-4/h13-16,21-22,30-31H,7-12,17-20H2,1-6H3. The second-order valence-corrected chi connectivity index (χ2v) is 21.1. The number of hydrogen-bond donors (Lipinski definition) is 2. The fourth-order valence-electron chi connectivity index (χ4n) is 5.51. The first-order chi connectivity index (χ1) is 17.0. The van der Waals surface area contributed by atoms with Gasteiger partial charge in [0.1, 0.15) is 0 Å². The normalized spacial score (nSPS) is 15.7. The number of methoxy groups -OCH3 is 2. The molecule has 2 aromatic rings. The summed E-state index contributed by atoms with van der Waals surface area (Å²) in [6, 6.07) is 16.4. The van der Waals surface area contributed by atoms with E-state index in [4.69, 9.17) is 13.9 Å². The first-order valence-electron chi connectivity index (χ1n) is 13.4. The fourth-order valence-corrected chi connectivity index (χ4v) is 13.7. The van der Waals surface area contributed by atoms with Gasteiger partial charge in [0.2, 0.25) is 0 Å². The molecule has 2 aromatic carbocycles. The van der Waals surface area contributed by atoms with E-state index >= 15 is 0 Å². The highest BCUT2D eigenvalue weighted by atomic mass is 28.4. The zero-order valence-corrected chi connectivity index (χ0v) is 25.2. The van der Waals surface area contributed by atoms with Gasteiger partial charge < -0.3 is 24.1 Å². The molecule has 5 nitrogen and oxygen atoms in total. The van der Waals surface area contributed by atoms with Gasteiger partial charge in [0, 0.05) is 5.22 Å². The molecule has 200 valence electrons. The molecule has 1 heterocycles. The van der Waals surface area contributed by atoms with E-state index in [1.165, 1.54) is 48.1 Å². The van der Waals surface area contributed by atoms with Crippen molar-refractivity contribution in [1.29, 1.82) is 0 Å². The van der Waals surface area contributed by atoms with Gasteiger partial charge in [-0.15, -0.1) is 0 Å². The van der Waals surface area contributed by atoms with E-state index in [0.29, 0.717) is 11.5 Å². The van der Waals surface area contributed by atoms with Gasteiger partial charge in [0.05, 0.1) is 22.3 Å². The first-order valence-corrected chi connectivity index (χ1v) is 19.2. The summed E-state index contributed by atoms with van der Waals surface area (Å²) in [7, 11) is -0.247. The molecule has 0 unspecified atom stereocenters. The summed E-state index contributed by atoms with van der Waals surface area (Å²) in [5, 5.41) is 19.7. The van der Waals surface area contributed by atoms with E-state index in [-0.39, 0.29) is 16.7 Å². The Kier molecular flexibility index (Phi) is 9.58. The molecule has 0 aliphatic carbocycles. The first kappa shape index (κ1) is 28.6. The van der Waals surface area contributed by atoms with Gasteiger partial charge in [0.15, 0.2) is 31.3 Å². The molecule has 0 radical (unpaired) electrons. The summed E-state index contributed by atoms with van der Waals surface area (Å²) >= 11 is 0. The Morgan fingerprint density at radius 3 is 1.83 bits per heavy atom. The van der Waals surface area contributed by atoms with Crippen LogP contribution in [0.25, 0.3) is 0 Å². The van der Waals surface area contributed by atoms with Crippen molar-refractivity contribution in [3.63, 3.8) is 0 Å². The quantitative estimate of drug-likeness (QED) is 0.263. The van der Waals surface area contributed by atoms with Crippen LogP contribution in [0.15, 0.2) is 36.4 Å². The molecule has 0 amide bonds. The van der Waals surface area contributed by atoms with Crippen LogP contribution < -0.4 is 9.47 Å². The zero-order chi connectivity index (χ0) is 26.4. The number of phenols is 2. The molecule has 0 spiro atoms. The number of hydrogen-bond acceptors (Lipinski definition) is 5. The van der Waals surface area contributed by atoms with Crippen LogP contribution in [0.2, 0.25) is 37.3 Å². The summed E-state index contributed by atoms with van der Waals surface area (Å²) in [5.74, 6) is 1.50. The van der Waals surface area contributed by atoms with Crippen molar-refractivity contribution in [2.24, 2.45) is 0 Å². The molecule has 1 fully saturated rings. The third kappa shape index (κ3) is 7.08. The smallest absolute Gasteiger partial charge is 0.193 e. The summed E-state index contributed by atoms with van der Waals surface area (Å²) in [4.78, 5) is 0. The SMILES string of the molecule is COc1cc(CCC[Si]2(OC(C)(C)[Si](C)(C)CCCc3ccc(O)c(OC)c3)CCCC2)ccc1O. The molecule has 0 atom stereocenters. The van der Waals surface area contributed by atoms with Crippen LogP contribution in [0.4, 0.5) is 0 Å². The predicted octanol–water partition coefficient (Wildman–Crippen LogP) is 7.46. The molecule has 1 aliphatic rings. The third-order valence-electron chi connectivity index (χ3n) is 8.47. The van der Waals surface area contributed by atoms with Crippen LogP contribution in [0.3, 0.4) is 0 Å². The summed E-state index contributed by atoms with van der Waals surface area (Å²) in [6.07, 6.45) is 6.84. The van der Waals surface area contributed by atoms with Crippen molar-refractivity contribution >= 4 is 16.4 Å². The van der Waals surface area contributed by atoms with E-state index < -0.39 is 16.4 Å². The lowest BCUT2D eigenvalue weighted by atomic mass is 10.1. The zero-order valence-electron chi connectivity index (χ0n) is 23.2. The topological polar surface area (TPSA) is 68.2 Å². The lowest BCUT2D eigenvalue weighted by Gasteiger charge is -2.46. The van der Waals surface area contributed by atoms with E-state index in [1.807, 2.05) is 24.3 Å². The highest BCUT2D eigenvalue weighted by Crippen LogP contribution is 2.42. The van der Waals surface area contributed by atoms with Gasteiger partial charge >= 0.3 is 0 Å². The van der Waals surface area contributed by atoms with Crippen molar-refractivity contribution in [3.8, 4) is 23.0 Å². The largest absolute Gasteiger partial charge is 0.504 e.